The Balaban J connectivity index is 2.01. The van der Waals surface area contributed by atoms with E-state index < -0.39 is 0 Å². The van der Waals surface area contributed by atoms with E-state index in [1.165, 1.54) is 5.56 Å². The maximum Gasteiger partial charge on any atom is 0.138 e. The summed E-state index contributed by atoms with van der Waals surface area (Å²) in [7, 11) is 0. The molecule has 0 saturated carbocycles. The second-order valence-electron chi connectivity index (χ2n) is 5.23. The van der Waals surface area contributed by atoms with Crippen molar-refractivity contribution in [2.24, 2.45) is 0 Å². The molecule has 0 aliphatic rings. The summed E-state index contributed by atoms with van der Waals surface area (Å²) in [6.45, 7) is 2.07. The number of benzene rings is 1. The molecule has 0 saturated heterocycles. The number of imidazole rings is 1. The summed E-state index contributed by atoms with van der Waals surface area (Å²) in [6, 6.07) is 12.3. The van der Waals surface area contributed by atoms with Gasteiger partial charge in [0.25, 0.3) is 0 Å². The number of hydrogen-bond acceptors (Lipinski definition) is 1. The third-order valence-electron chi connectivity index (χ3n) is 3.82. The second-order valence-corrected chi connectivity index (χ2v) is 5.23. The van der Waals surface area contributed by atoms with Gasteiger partial charge in [0, 0.05) is 29.4 Å². The molecule has 0 radical (unpaired) electrons. The number of aryl methyl sites for hydroxylation is 2. The molecule has 0 amide bonds. The molecule has 2 heterocycles. The van der Waals surface area contributed by atoms with Crippen LogP contribution in [0, 0.1) is 31.6 Å². The van der Waals surface area contributed by atoms with Crippen LogP contribution in [0.15, 0.2) is 42.6 Å². The van der Waals surface area contributed by atoms with Gasteiger partial charge in [-0.2, -0.15) is 0 Å². The summed E-state index contributed by atoms with van der Waals surface area (Å²) in [5, 5.41) is 0. The Bertz CT molecular complexity index is 900. The molecule has 3 aromatic rings. The average Bonchev–Trinajstić information content (AvgIpc) is 2.89. The van der Waals surface area contributed by atoms with E-state index in [0.29, 0.717) is 0 Å². The first-order valence-corrected chi connectivity index (χ1v) is 7.21. The van der Waals surface area contributed by atoms with E-state index in [0.717, 1.165) is 41.0 Å². The minimum absolute atomic E-state index is 0.765. The van der Waals surface area contributed by atoms with Crippen LogP contribution >= 0.6 is 0 Å². The molecule has 1 aromatic carbocycles. The van der Waals surface area contributed by atoms with E-state index >= 15 is 0 Å². The molecule has 0 spiro atoms. The first kappa shape index (κ1) is 14.0. The Labute approximate surface area is 130 Å². The van der Waals surface area contributed by atoms with Crippen molar-refractivity contribution in [2.45, 2.75) is 19.8 Å². The third-order valence-corrected chi connectivity index (χ3v) is 3.82. The zero-order valence-corrected chi connectivity index (χ0v) is 12.5. The van der Waals surface area contributed by atoms with Gasteiger partial charge in [0.1, 0.15) is 5.65 Å². The van der Waals surface area contributed by atoms with Gasteiger partial charge < -0.3 is 4.40 Å². The number of hydrogen-bond donors (Lipinski definition) is 0. The van der Waals surface area contributed by atoms with Crippen LogP contribution in [0.2, 0.25) is 0 Å². The van der Waals surface area contributed by atoms with Crippen molar-refractivity contribution in [1.82, 2.24) is 9.38 Å². The van der Waals surface area contributed by atoms with Crippen molar-refractivity contribution in [3.63, 3.8) is 0 Å². The first-order chi connectivity index (χ1) is 10.7. The molecule has 2 nitrogen and oxygen atoms in total. The molecule has 0 atom stereocenters. The molecule has 3 rings (SSSR count). The van der Waals surface area contributed by atoms with Crippen LogP contribution in [-0.2, 0) is 6.42 Å². The lowest BCUT2D eigenvalue weighted by molar-refractivity contribution is 1.03. The smallest absolute Gasteiger partial charge is 0.138 e. The minimum Gasteiger partial charge on any atom is -0.304 e. The standard InChI is InChI=1S/C20H16N2/c1-4-6-7-17-8-10-18(11-9-17)20-15(3)22-13-12-16(5-2)14-19(22)21-20/h1-2,8-14H,6-7H2,3H3. The predicted molar refractivity (Wildman–Crippen MR) is 90.5 cm³/mol. The van der Waals surface area contributed by atoms with E-state index in [4.69, 9.17) is 17.8 Å². The fourth-order valence-electron chi connectivity index (χ4n) is 2.58. The highest BCUT2D eigenvalue weighted by Crippen LogP contribution is 2.24. The normalized spacial score (nSPS) is 10.3. The van der Waals surface area contributed by atoms with Crippen molar-refractivity contribution >= 4 is 5.65 Å². The average molecular weight is 284 g/mol. The summed E-state index contributed by atoms with van der Waals surface area (Å²) in [6.07, 6.45) is 14.4. The highest BCUT2D eigenvalue weighted by molar-refractivity contribution is 5.67. The number of pyridine rings is 1. The van der Waals surface area contributed by atoms with Crippen molar-refractivity contribution in [2.75, 3.05) is 0 Å². The molecule has 0 aliphatic heterocycles. The van der Waals surface area contributed by atoms with Crippen LogP contribution in [0.3, 0.4) is 0 Å². The molecule has 0 bridgehead atoms. The van der Waals surface area contributed by atoms with E-state index in [9.17, 15) is 0 Å². The fraction of sp³-hybridized carbons (Fsp3) is 0.150. The fourth-order valence-corrected chi connectivity index (χ4v) is 2.58. The van der Waals surface area contributed by atoms with E-state index in [1.54, 1.807) is 0 Å². The van der Waals surface area contributed by atoms with Crippen LogP contribution < -0.4 is 0 Å². The zero-order valence-electron chi connectivity index (χ0n) is 12.5. The molecular formula is C20H16N2. The lowest BCUT2D eigenvalue weighted by Crippen LogP contribution is -1.88. The van der Waals surface area contributed by atoms with Crippen molar-refractivity contribution in [3.8, 4) is 35.9 Å². The van der Waals surface area contributed by atoms with Gasteiger partial charge in [0.05, 0.1) is 5.69 Å². The molecule has 106 valence electrons. The molecule has 0 fully saturated rings. The van der Waals surface area contributed by atoms with Crippen LogP contribution in [0.5, 0.6) is 0 Å². The molecule has 22 heavy (non-hydrogen) atoms. The Hall–Kier alpha value is -2.97. The maximum atomic E-state index is 5.45. The van der Waals surface area contributed by atoms with Crippen molar-refractivity contribution < 1.29 is 0 Å². The summed E-state index contributed by atoms with van der Waals surface area (Å²) < 4.78 is 2.06. The van der Waals surface area contributed by atoms with Crippen molar-refractivity contribution in [1.29, 1.82) is 0 Å². The van der Waals surface area contributed by atoms with Gasteiger partial charge in [-0.1, -0.05) is 30.2 Å². The third kappa shape index (κ3) is 2.48. The topological polar surface area (TPSA) is 17.3 Å². The quantitative estimate of drug-likeness (QED) is 0.668. The molecule has 2 heteroatoms. The second kappa shape index (κ2) is 5.80. The largest absolute Gasteiger partial charge is 0.304 e. The monoisotopic (exact) mass is 284 g/mol. The number of fused-ring (bicyclic) bond motifs is 1. The number of nitrogens with zero attached hydrogens (tertiary/aromatic N) is 2. The Kier molecular flexibility index (Phi) is 3.69. The highest BCUT2D eigenvalue weighted by atomic mass is 15.0. The Morgan fingerprint density at radius 2 is 1.91 bits per heavy atom. The summed E-state index contributed by atoms with van der Waals surface area (Å²) in [4.78, 5) is 4.72. The van der Waals surface area contributed by atoms with Crippen LogP contribution in [0.1, 0.15) is 23.2 Å². The summed E-state index contributed by atoms with van der Waals surface area (Å²) in [5.74, 6) is 5.31. The van der Waals surface area contributed by atoms with Crippen LogP contribution in [-0.4, -0.2) is 9.38 Å². The predicted octanol–water partition coefficient (Wildman–Crippen LogP) is 3.86. The lowest BCUT2D eigenvalue weighted by atomic mass is 10.1. The van der Waals surface area contributed by atoms with Gasteiger partial charge in [-0.25, -0.2) is 4.98 Å². The van der Waals surface area contributed by atoms with Crippen molar-refractivity contribution in [3.05, 3.63) is 59.4 Å². The number of rotatable bonds is 3. The molecule has 0 aliphatic carbocycles. The van der Waals surface area contributed by atoms with Gasteiger partial charge >= 0.3 is 0 Å². The van der Waals surface area contributed by atoms with Crippen LogP contribution in [0.25, 0.3) is 16.9 Å². The Morgan fingerprint density at radius 3 is 2.59 bits per heavy atom. The maximum absolute atomic E-state index is 5.45. The Morgan fingerprint density at radius 1 is 1.14 bits per heavy atom. The highest BCUT2D eigenvalue weighted by Gasteiger charge is 2.10. The van der Waals surface area contributed by atoms with E-state index in [1.807, 2.05) is 18.3 Å². The first-order valence-electron chi connectivity index (χ1n) is 7.21. The number of aromatic nitrogens is 2. The molecule has 0 N–H and O–H groups in total. The van der Waals surface area contributed by atoms with E-state index in [2.05, 4.69) is 47.4 Å². The SMILES string of the molecule is C#CCCc1ccc(-c2nc3cc(C#C)ccn3c2C)cc1. The van der Waals surface area contributed by atoms with Gasteiger partial charge in [-0.3, -0.25) is 0 Å². The molecule has 2 aromatic heterocycles. The molecular weight excluding hydrogens is 268 g/mol. The van der Waals surface area contributed by atoms with Gasteiger partial charge in [0.2, 0.25) is 0 Å². The van der Waals surface area contributed by atoms with Gasteiger partial charge in [-0.05, 0) is 31.0 Å². The van der Waals surface area contributed by atoms with Gasteiger partial charge in [-0.15, -0.1) is 18.8 Å². The van der Waals surface area contributed by atoms with Crippen LogP contribution in [0.4, 0.5) is 0 Å². The summed E-state index contributed by atoms with van der Waals surface area (Å²) >= 11 is 0. The van der Waals surface area contributed by atoms with Gasteiger partial charge in [0.15, 0.2) is 0 Å². The lowest BCUT2D eigenvalue weighted by Gasteiger charge is -2.02. The van der Waals surface area contributed by atoms with E-state index in [-0.39, 0.29) is 0 Å². The summed E-state index contributed by atoms with van der Waals surface area (Å²) in [5.41, 5.74) is 6.16. The zero-order chi connectivity index (χ0) is 15.5. The molecule has 0 unspecified atom stereocenters. The minimum atomic E-state index is 0.765. The number of terminal acetylenes is 2.